The highest BCUT2D eigenvalue weighted by molar-refractivity contribution is 6.09. The average Bonchev–Trinajstić information content (AvgIpc) is 2.82. The standard InChI is InChI=1S/C24H24N2O5/c1-29-24(28)21(27)12-19(25)20-13-22(30-15-17-8-4-2-5-9-17)23(14-26-20)31-16-18-10-6-3-7-11-18/h2-13,25-27H,14-16H2,1H3/p+1/b21-12-,25-19?. The molecule has 0 aliphatic carbocycles. The van der Waals surface area contributed by atoms with E-state index in [-0.39, 0.29) is 5.71 Å². The zero-order valence-electron chi connectivity index (χ0n) is 17.2. The molecule has 7 nitrogen and oxygen atoms in total. The molecule has 0 amide bonds. The summed E-state index contributed by atoms with van der Waals surface area (Å²) in [6.45, 7) is 1.04. The normalized spacial score (nSPS) is 13.7. The molecule has 1 aliphatic rings. The molecule has 0 bridgehead atoms. The average molecular weight is 421 g/mol. The van der Waals surface area contributed by atoms with Crippen molar-refractivity contribution in [2.45, 2.75) is 13.2 Å². The first-order valence-electron chi connectivity index (χ1n) is 9.69. The number of nitrogens with one attached hydrogen (secondary N) is 2. The minimum atomic E-state index is -0.802. The van der Waals surface area contributed by atoms with Crippen molar-refractivity contribution in [1.29, 1.82) is 5.41 Å². The SMILES string of the molecule is COC(=O)/C([OH2+])=C/C(=N)C1=CC(OCc2ccccc2)=C(OCc2ccccc2)CN1. The number of carbonyl (C=O) groups is 1. The first-order chi connectivity index (χ1) is 15.1. The molecule has 1 aliphatic heterocycles. The van der Waals surface area contributed by atoms with Crippen LogP contribution >= 0.6 is 0 Å². The maximum Gasteiger partial charge on any atom is 0.427 e. The van der Waals surface area contributed by atoms with Crippen LogP contribution in [0.4, 0.5) is 0 Å². The highest BCUT2D eigenvalue weighted by atomic mass is 16.5. The van der Waals surface area contributed by atoms with Gasteiger partial charge in [-0.3, -0.25) is 5.41 Å². The van der Waals surface area contributed by atoms with Gasteiger partial charge in [0.1, 0.15) is 13.2 Å². The lowest BCUT2D eigenvalue weighted by Gasteiger charge is -2.22. The fraction of sp³-hybridized carbons (Fsp3) is 0.167. The fourth-order valence-electron chi connectivity index (χ4n) is 2.81. The summed E-state index contributed by atoms with van der Waals surface area (Å²) < 4.78 is 16.5. The second-order valence-electron chi connectivity index (χ2n) is 6.71. The van der Waals surface area contributed by atoms with Crippen molar-refractivity contribution >= 4 is 11.7 Å². The van der Waals surface area contributed by atoms with Gasteiger partial charge in [-0.25, -0.2) is 4.79 Å². The summed E-state index contributed by atoms with van der Waals surface area (Å²) in [6.07, 6.45) is 2.78. The highest BCUT2D eigenvalue weighted by Crippen LogP contribution is 2.20. The first-order valence-corrected chi connectivity index (χ1v) is 9.69. The Kier molecular flexibility index (Phi) is 7.48. The zero-order chi connectivity index (χ0) is 22.1. The molecule has 2 aromatic carbocycles. The maximum absolute atomic E-state index is 11.5. The number of ether oxygens (including phenoxy) is 3. The number of dihydropyridines is 1. The number of hydrogen-bond donors (Lipinski definition) is 2. The fourth-order valence-corrected chi connectivity index (χ4v) is 2.81. The Morgan fingerprint density at radius 1 is 1.03 bits per heavy atom. The number of allylic oxidation sites excluding steroid dienone is 2. The smallest absolute Gasteiger partial charge is 0.427 e. The van der Waals surface area contributed by atoms with Gasteiger partial charge in [0.05, 0.1) is 31.1 Å². The molecule has 0 spiro atoms. The Morgan fingerprint density at radius 3 is 2.19 bits per heavy atom. The Bertz CT molecular complexity index is 1010. The van der Waals surface area contributed by atoms with Gasteiger partial charge in [0.15, 0.2) is 11.5 Å². The van der Waals surface area contributed by atoms with Crippen molar-refractivity contribution in [2.24, 2.45) is 0 Å². The quantitative estimate of drug-likeness (QED) is 0.213. The molecule has 2 aromatic rings. The maximum atomic E-state index is 11.5. The third kappa shape index (κ3) is 6.24. The summed E-state index contributed by atoms with van der Waals surface area (Å²) in [5.41, 5.74) is 2.42. The minimum Gasteiger partial charge on any atom is -0.588 e. The minimum absolute atomic E-state index is 0.0293. The van der Waals surface area contributed by atoms with Gasteiger partial charge in [0, 0.05) is 6.08 Å². The van der Waals surface area contributed by atoms with Gasteiger partial charge in [-0.15, -0.1) is 0 Å². The van der Waals surface area contributed by atoms with Crippen molar-refractivity contribution in [3.05, 3.63) is 107 Å². The van der Waals surface area contributed by atoms with Crippen LogP contribution in [0.3, 0.4) is 0 Å². The van der Waals surface area contributed by atoms with Gasteiger partial charge in [0.25, 0.3) is 0 Å². The summed E-state index contributed by atoms with van der Waals surface area (Å²) >= 11 is 0. The van der Waals surface area contributed by atoms with Crippen LogP contribution in [-0.4, -0.2) is 30.4 Å². The van der Waals surface area contributed by atoms with E-state index in [4.69, 9.17) is 20.0 Å². The van der Waals surface area contributed by atoms with E-state index >= 15 is 0 Å². The van der Waals surface area contributed by atoms with Crippen LogP contribution < -0.4 is 5.32 Å². The van der Waals surface area contributed by atoms with Crippen molar-refractivity contribution in [3.63, 3.8) is 0 Å². The van der Waals surface area contributed by atoms with Gasteiger partial charge in [-0.2, -0.15) is 0 Å². The van der Waals surface area contributed by atoms with Crippen LogP contribution in [0.5, 0.6) is 0 Å². The zero-order valence-corrected chi connectivity index (χ0v) is 17.2. The van der Waals surface area contributed by atoms with Gasteiger partial charge in [-0.05, 0) is 11.1 Å². The molecule has 7 heteroatoms. The van der Waals surface area contributed by atoms with Crippen LogP contribution in [-0.2, 0) is 32.2 Å². The van der Waals surface area contributed by atoms with Gasteiger partial charge >= 0.3 is 11.7 Å². The Balaban J connectivity index is 1.80. The van der Waals surface area contributed by atoms with Crippen molar-refractivity contribution in [2.75, 3.05) is 13.7 Å². The van der Waals surface area contributed by atoms with E-state index in [9.17, 15) is 4.79 Å². The van der Waals surface area contributed by atoms with Crippen LogP contribution in [0.15, 0.2) is 95.8 Å². The van der Waals surface area contributed by atoms with E-state index in [1.54, 1.807) is 6.08 Å². The predicted octanol–water partition coefficient (Wildman–Crippen LogP) is 2.92. The van der Waals surface area contributed by atoms with E-state index in [0.29, 0.717) is 37.0 Å². The number of esters is 1. The van der Waals surface area contributed by atoms with E-state index in [0.717, 1.165) is 17.2 Å². The van der Waals surface area contributed by atoms with E-state index in [1.807, 2.05) is 60.7 Å². The Hall–Kier alpha value is -4.00. The van der Waals surface area contributed by atoms with Crippen LogP contribution in [0.2, 0.25) is 0 Å². The lowest BCUT2D eigenvalue weighted by atomic mass is 10.1. The summed E-state index contributed by atoms with van der Waals surface area (Å²) in [5, 5.41) is 19.0. The number of benzene rings is 2. The summed E-state index contributed by atoms with van der Waals surface area (Å²) in [7, 11) is 1.20. The van der Waals surface area contributed by atoms with E-state index < -0.39 is 11.7 Å². The second-order valence-corrected chi connectivity index (χ2v) is 6.71. The first kappa shape index (κ1) is 21.7. The summed E-state index contributed by atoms with van der Waals surface area (Å²) in [4.78, 5) is 11.5. The molecule has 31 heavy (non-hydrogen) atoms. The van der Waals surface area contributed by atoms with Crippen molar-refractivity contribution < 1.29 is 24.1 Å². The third-order valence-corrected chi connectivity index (χ3v) is 4.47. The largest absolute Gasteiger partial charge is 0.588 e. The third-order valence-electron chi connectivity index (χ3n) is 4.47. The van der Waals surface area contributed by atoms with Crippen LogP contribution in [0, 0.1) is 5.41 Å². The summed E-state index contributed by atoms with van der Waals surface area (Å²) in [5.74, 6) is -0.100. The molecule has 0 radical (unpaired) electrons. The molecule has 0 saturated carbocycles. The molecule has 0 fully saturated rings. The lowest BCUT2D eigenvalue weighted by Crippen LogP contribution is -2.28. The Morgan fingerprint density at radius 2 is 1.61 bits per heavy atom. The molecule has 0 atom stereocenters. The molecule has 4 N–H and O–H groups in total. The van der Waals surface area contributed by atoms with Gasteiger partial charge < -0.3 is 24.6 Å². The molecule has 0 saturated heterocycles. The second kappa shape index (κ2) is 10.7. The molecule has 160 valence electrons. The number of hydrogen-bond acceptors (Lipinski definition) is 6. The molecular formula is C24H25N2O5+. The number of rotatable bonds is 9. The molecule has 1 heterocycles. The van der Waals surface area contributed by atoms with E-state index in [1.165, 1.54) is 7.11 Å². The topological polar surface area (TPSA) is 104 Å². The molecule has 0 unspecified atom stereocenters. The van der Waals surface area contributed by atoms with Crippen molar-refractivity contribution in [3.8, 4) is 0 Å². The van der Waals surface area contributed by atoms with Gasteiger partial charge in [-0.1, -0.05) is 60.7 Å². The molecule has 3 rings (SSSR count). The van der Waals surface area contributed by atoms with Crippen LogP contribution in [0.1, 0.15) is 11.1 Å². The number of carbonyl (C=O) groups excluding carboxylic acids is 1. The predicted molar refractivity (Wildman–Crippen MR) is 117 cm³/mol. The highest BCUT2D eigenvalue weighted by Gasteiger charge is 2.21. The molecule has 0 aromatic heterocycles. The van der Waals surface area contributed by atoms with E-state index in [2.05, 4.69) is 10.1 Å². The number of methoxy groups -OCH3 is 1. The van der Waals surface area contributed by atoms with Crippen molar-refractivity contribution in [1.82, 2.24) is 5.32 Å². The monoisotopic (exact) mass is 421 g/mol. The van der Waals surface area contributed by atoms with Crippen LogP contribution in [0.25, 0.3) is 0 Å². The lowest BCUT2D eigenvalue weighted by molar-refractivity contribution is -0.139. The Labute approximate surface area is 180 Å². The molecular weight excluding hydrogens is 396 g/mol. The van der Waals surface area contributed by atoms with Gasteiger partial charge in [0.2, 0.25) is 0 Å². The summed E-state index contributed by atoms with van der Waals surface area (Å²) in [6, 6.07) is 19.5.